The van der Waals surface area contributed by atoms with Crippen molar-refractivity contribution in [1.29, 1.82) is 5.26 Å². The van der Waals surface area contributed by atoms with Gasteiger partial charge in [-0.25, -0.2) is 9.97 Å². The van der Waals surface area contributed by atoms with Crippen LogP contribution in [0.3, 0.4) is 0 Å². The van der Waals surface area contributed by atoms with Gasteiger partial charge in [-0.3, -0.25) is 14.6 Å². The molecule has 2 aromatic rings. The topological polar surface area (TPSA) is 85.6 Å². The number of aromatic nitrogens is 2. The van der Waals surface area contributed by atoms with Crippen molar-refractivity contribution in [3.05, 3.63) is 66.9 Å². The summed E-state index contributed by atoms with van der Waals surface area (Å²) in [5.41, 5.74) is 1.87. The van der Waals surface area contributed by atoms with Crippen molar-refractivity contribution in [2.24, 2.45) is 0 Å². The Morgan fingerprint density at radius 1 is 1.23 bits per heavy atom. The Morgan fingerprint density at radius 2 is 1.97 bits per heavy atom. The Balaban J connectivity index is 1.35. The maximum absolute atomic E-state index is 13.6. The molecule has 0 aromatic carbocycles. The van der Waals surface area contributed by atoms with Crippen molar-refractivity contribution in [3.8, 4) is 11.9 Å². The number of likely N-dealkylation sites (tertiary alicyclic amines) is 1. The molecule has 8 heteroatoms. The molecule has 0 N–H and O–H groups in total. The normalized spacial score (nSPS) is 20.1. The van der Waals surface area contributed by atoms with E-state index < -0.39 is 5.54 Å². The highest BCUT2D eigenvalue weighted by Crippen LogP contribution is 2.50. The van der Waals surface area contributed by atoms with Gasteiger partial charge in [0.15, 0.2) is 0 Å². The van der Waals surface area contributed by atoms with Crippen LogP contribution in [0.1, 0.15) is 43.4 Å². The lowest BCUT2D eigenvalue weighted by Gasteiger charge is -2.43. The maximum Gasteiger partial charge on any atom is 0.259 e. The first-order valence-electron chi connectivity index (χ1n) is 12.1. The summed E-state index contributed by atoms with van der Waals surface area (Å²) in [6, 6.07) is 7.73. The highest BCUT2D eigenvalue weighted by Gasteiger charge is 2.58. The van der Waals surface area contributed by atoms with E-state index in [2.05, 4.69) is 34.1 Å². The van der Waals surface area contributed by atoms with E-state index >= 15 is 0 Å². The number of aryl methyl sites for hydroxylation is 1. The van der Waals surface area contributed by atoms with Gasteiger partial charge in [0.1, 0.15) is 29.2 Å². The fourth-order valence-electron chi connectivity index (χ4n) is 5.32. The molecule has 1 amide bonds. The molecule has 35 heavy (non-hydrogen) atoms. The number of carbonyl (C=O) groups is 1. The smallest absolute Gasteiger partial charge is 0.259 e. The lowest BCUT2D eigenvalue weighted by atomic mass is 9.75. The second-order valence-electron chi connectivity index (χ2n) is 9.51. The first-order valence-corrected chi connectivity index (χ1v) is 12.1. The van der Waals surface area contributed by atoms with Gasteiger partial charge >= 0.3 is 0 Å². The van der Waals surface area contributed by atoms with E-state index in [4.69, 9.17) is 4.74 Å². The number of anilines is 2. The molecule has 2 aliphatic heterocycles. The molecule has 0 radical (unpaired) electrons. The van der Waals surface area contributed by atoms with E-state index in [9.17, 15) is 10.1 Å². The van der Waals surface area contributed by atoms with Crippen LogP contribution in [0.25, 0.3) is 0 Å². The molecule has 0 unspecified atom stereocenters. The highest BCUT2D eigenvalue weighted by molar-refractivity contribution is 6.10. The van der Waals surface area contributed by atoms with Crippen molar-refractivity contribution in [2.75, 3.05) is 29.4 Å². The number of piperidine rings is 1. The van der Waals surface area contributed by atoms with Crippen LogP contribution >= 0.6 is 0 Å². The quantitative estimate of drug-likeness (QED) is 0.591. The summed E-state index contributed by atoms with van der Waals surface area (Å²) in [6.45, 7) is 12.8. The van der Waals surface area contributed by atoms with E-state index in [1.165, 1.54) is 0 Å². The number of hydrogen-bond donors (Lipinski definition) is 0. The first-order chi connectivity index (χ1) is 17.0. The summed E-state index contributed by atoms with van der Waals surface area (Å²) < 4.78 is 6.15. The van der Waals surface area contributed by atoms with Crippen molar-refractivity contribution in [3.63, 3.8) is 0 Å². The zero-order valence-electron chi connectivity index (χ0n) is 20.1. The molecule has 3 fully saturated rings. The summed E-state index contributed by atoms with van der Waals surface area (Å²) in [7, 11) is 0. The van der Waals surface area contributed by atoms with Crippen molar-refractivity contribution < 1.29 is 9.53 Å². The summed E-state index contributed by atoms with van der Waals surface area (Å²) >= 11 is 0. The molecule has 3 aliphatic rings. The molecule has 1 spiro atoms. The van der Waals surface area contributed by atoms with Crippen LogP contribution in [0, 0.1) is 18.3 Å². The number of nitrogens with zero attached hydrogens (tertiary/aromatic N) is 6. The molecule has 1 aliphatic carbocycles. The first kappa shape index (κ1) is 23.1. The number of rotatable bonds is 6. The average Bonchev–Trinajstić information content (AvgIpc) is 3.07. The molecule has 5 rings (SSSR count). The monoisotopic (exact) mass is 470 g/mol. The van der Waals surface area contributed by atoms with Crippen LogP contribution in [0.4, 0.5) is 11.4 Å². The predicted octanol–water partition coefficient (Wildman–Crippen LogP) is 3.93. The molecular weight excluding hydrogens is 440 g/mol. The fourth-order valence-corrected chi connectivity index (χ4v) is 5.32. The van der Waals surface area contributed by atoms with Gasteiger partial charge in [-0.2, -0.15) is 5.26 Å². The van der Waals surface area contributed by atoms with Crippen molar-refractivity contribution >= 4 is 17.3 Å². The van der Waals surface area contributed by atoms with Crippen molar-refractivity contribution in [2.45, 2.75) is 50.7 Å². The zero-order valence-corrected chi connectivity index (χ0v) is 20.1. The van der Waals surface area contributed by atoms with Gasteiger partial charge in [0.2, 0.25) is 5.88 Å². The molecule has 1 saturated carbocycles. The number of pyridine rings is 2. The van der Waals surface area contributed by atoms with Crippen LogP contribution in [-0.4, -0.2) is 52.1 Å². The van der Waals surface area contributed by atoms with E-state index in [0.29, 0.717) is 23.1 Å². The standard InChI is InChI=1S/C27H30N6O2/c1-4-12-31-13-8-23(9-14-31)35-25-7-6-21(17-30-25)33-20(3)32(26(34)27(33)10-5-11-27)22-15-19(2)24(16-28)29-18-22/h4,6-7,15,17-18,23H,1,3,5,8-14H2,2H3. The molecule has 0 bridgehead atoms. The average molecular weight is 471 g/mol. The third-order valence-corrected chi connectivity index (χ3v) is 7.34. The van der Waals surface area contributed by atoms with Crippen LogP contribution in [-0.2, 0) is 4.79 Å². The fraction of sp³-hybridized carbons (Fsp3) is 0.407. The van der Waals surface area contributed by atoms with Gasteiger partial charge in [-0.1, -0.05) is 12.7 Å². The van der Waals surface area contributed by atoms with E-state index in [1.54, 1.807) is 17.3 Å². The lowest BCUT2D eigenvalue weighted by Crippen LogP contribution is -2.54. The lowest BCUT2D eigenvalue weighted by molar-refractivity contribution is -0.123. The molecule has 2 saturated heterocycles. The molecule has 180 valence electrons. The van der Waals surface area contributed by atoms with E-state index in [0.717, 1.165) is 63.0 Å². The predicted molar refractivity (Wildman–Crippen MR) is 134 cm³/mol. The second-order valence-corrected chi connectivity index (χ2v) is 9.51. The molecule has 8 nitrogen and oxygen atoms in total. The van der Waals surface area contributed by atoms with E-state index in [-0.39, 0.29) is 12.0 Å². The summed E-state index contributed by atoms with van der Waals surface area (Å²) in [5.74, 6) is 1.16. The largest absolute Gasteiger partial charge is 0.474 e. The summed E-state index contributed by atoms with van der Waals surface area (Å²) in [5, 5.41) is 9.22. The molecule has 4 heterocycles. The maximum atomic E-state index is 13.6. The molecule has 0 atom stereocenters. The Kier molecular flexibility index (Phi) is 6.03. The van der Waals surface area contributed by atoms with Gasteiger partial charge in [0.25, 0.3) is 5.91 Å². The van der Waals surface area contributed by atoms with Gasteiger partial charge < -0.3 is 9.64 Å². The third kappa shape index (κ3) is 3.96. The van der Waals surface area contributed by atoms with Crippen LogP contribution in [0.15, 0.2) is 55.6 Å². The van der Waals surface area contributed by atoms with Gasteiger partial charge in [0, 0.05) is 25.7 Å². The summed E-state index contributed by atoms with van der Waals surface area (Å²) in [6.07, 6.45) is 9.85. The number of hydrogen-bond acceptors (Lipinski definition) is 7. The van der Waals surface area contributed by atoms with E-state index in [1.807, 2.05) is 36.1 Å². The number of ether oxygens (including phenoxy) is 1. The van der Waals surface area contributed by atoms with Crippen molar-refractivity contribution in [1.82, 2.24) is 14.9 Å². The van der Waals surface area contributed by atoms with Crippen LogP contribution in [0.5, 0.6) is 5.88 Å². The highest BCUT2D eigenvalue weighted by atomic mass is 16.5. The Hall–Kier alpha value is -3.70. The Bertz CT molecular complexity index is 1190. The minimum absolute atomic E-state index is 0.00809. The molecule has 2 aromatic heterocycles. The summed E-state index contributed by atoms with van der Waals surface area (Å²) in [4.78, 5) is 28.5. The number of amides is 1. The zero-order chi connectivity index (χ0) is 24.6. The number of carbonyl (C=O) groups excluding carboxylic acids is 1. The van der Waals surface area contributed by atoms with Gasteiger partial charge in [-0.05, 0) is 56.7 Å². The van der Waals surface area contributed by atoms with Crippen LogP contribution < -0.4 is 14.5 Å². The third-order valence-electron chi connectivity index (χ3n) is 7.34. The SMILES string of the molecule is C=CCN1CCC(Oc2ccc(N3C(=C)N(c4cnc(C#N)c(C)c4)C(=O)C34CCC4)cn2)CC1. The second kappa shape index (κ2) is 9.16. The number of nitriles is 1. The minimum Gasteiger partial charge on any atom is -0.474 e. The Morgan fingerprint density at radius 3 is 2.54 bits per heavy atom. The minimum atomic E-state index is -0.652. The van der Waals surface area contributed by atoms with Gasteiger partial charge in [0.05, 0.1) is 23.8 Å². The van der Waals surface area contributed by atoms with Gasteiger partial charge in [-0.15, -0.1) is 6.58 Å². The Labute approximate surface area is 206 Å². The van der Waals surface area contributed by atoms with Crippen LogP contribution in [0.2, 0.25) is 0 Å². The molecular formula is C27H30N6O2.